The van der Waals surface area contributed by atoms with Crippen molar-refractivity contribution in [3.05, 3.63) is 48.0 Å². The maximum absolute atomic E-state index is 5.30. The molecule has 1 aliphatic rings. The molecule has 1 heteroatoms. The molecule has 0 saturated carbocycles. The van der Waals surface area contributed by atoms with Gasteiger partial charge >= 0.3 is 0 Å². The molecule has 0 unspecified atom stereocenters. The molecule has 1 aromatic heterocycles. The fourth-order valence-electron chi connectivity index (χ4n) is 1.27. The summed E-state index contributed by atoms with van der Waals surface area (Å²) in [4.78, 5) is 0. The first-order valence-corrected chi connectivity index (χ1v) is 3.97. The smallest absolute Gasteiger partial charge is 0.134 e. The van der Waals surface area contributed by atoms with Crippen molar-refractivity contribution >= 4 is 11.6 Å². The molecule has 0 aliphatic heterocycles. The van der Waals surface area contributed by atoms with Gasteiger partial charge in [-0.3, -0.25) is 0 Å². The maximum atomic E-state index is 5.30. The lowest BCUT2D eigenvalue weighted by molar-refractivity contribution is 0.556. The van der Waals surface area contributed by atoms with Crippen LogP contribution in [0.15, 0.2) is 41.1 Å². The van der Waals surface area contributed by atoms with Crippen LogP contribution in [0.3, 0.4) is 0 Å². The second-order valence-corrected chi connectivity index (χ2v) is 2.79. The number of allylic oxidation sites excluding steroid dienone is 5. The number of rotatable bonds is 0. The van der Waals surface area contributed by atoms with E-state index in [1.54, 1.807) is 6.26 Å². The summed E-state index contributed by atoms with van der Waals surface area (Å²) in [5.74, 6) is 0.938. The van der Waals surface area contributed by atoms with Crippen LogP contribution >= 0.6 is 0 Å². The highest BCUT2D eigenvalue weighted by Gasteiger charge is 2.04. The van der Waals surface area contributed by atoms with E-state index in [2.05, 4.69) is 13.0 Å². The normalized spacial score (nSPS) is 24.6. The zero-order valence-electron chi connectivity index (χ0n) is 6.95. The first-order chi connectivity index (χ1) is 5.88. The Balaban J connectivity index is 2.58. The lowest BCUT2D eigenvalue weighted by atomic mass is 10.1. The van der Waals surface area contributed by atoms with Gasteiger partial charge in [0.25, 0.3) is 0 Å². The molecule has 1 heterocycles. The molecule has 2 rings (SSSR count). The van der Waals surface area contributed by atoms with Crippen LogP contribution in [0.2, 0.25) is 0 Å². The molecular weight excluding hydrogens is 148 g/mol. The highest BCUT2D eigenvalue weighted by atomic mass is 16.3. The quantitative estimate of drug-likeness (QED) is 0.564. The third-order valence-corrected chi connectivity index (χ3v) is 1.94. The standard InChI is InChI=1S/C11H10O/c1-9-5-3-2-4-6-11-10(9)7-8-12-11/h2-8H,1H3/b3-2-,4-2?,5-3?,6-4-,9-5-,10-9?,11-6?. The van der Waals surface area contributed by atoms with Gasteiger partial charge in [-0.15, -0.1) is 0 Å². The van der Waals surface area contributed by atoms with Gasteiger partial charge in [-0.1, -0.05) is 24.3 Å². The zero-order chi connectivity index (χ0) is 8.39. The Morgan fingerprint density at radius 3 is 3.00 bits per heavy atom. The molecule has 1 nitrogen and oxygen atoms in total. The summed E-state index contributed by atoms with van der Waals surface area (Å²) in [6, 6.07) is 1.99. The summed E-state index contributed by atoms with van der Waals surface area (Å²) in [6.07, 6.45) is 11.8. The minimum absolute atomic E-state index is 0.938. The van der Waals surface area contributed by atoms with Crippen molar-refractivity contribution in [2.75, 3.05) is 0 Å². The molecule has 0 radical (unpaired) electrons. The van der Waals surface area contributed by atoms with Gasteiger partial charge in [0.05, 0.1) is 6.26 Å². The predicted octanol–water partition coefficient (Wildman–Crippen LogP) is 3.27. The molecule has 0 spiro atoms. The molecule has 0 bridgehead atoms. The van der Waals surface area contributed by atoms with Crippen LogP contribution in [0.5, 0.6) is 0 Å². The molecule has 60 valence electrons. The first-order valence-electron chi connectivity index (χ1n) is 3.97. The Bertz CT molecular complexity index is 364. The van der Waals surface area contributed by atoms with Crippen LogP contribution in [0.4, 0.5) is 0 Å². The Morgan fingerprint density at radius 1 is 1.17 bits per heavy atom. The number of fused-ring (bicyclic) bond motifs is 1. The lowest BCUT2D eigenvalue weighted by Gasteiger charge is -1.98. The Labute approximate surface area is 71.7 Å². The Morgan fingerprint density at radius 2 is 2.08 bits per heavy atom. The second-order valence-electron chi connectivity index (χ2n) is 2.79. The molecule has 12 heavy (non-hydrogen) atoms. The summed E-state index contributed by atoms with van der Waals surface area (Å²) >= 11 is 0. The number of hydrogen-bond donors (Lipinski definition) is 0. The van der Waals surface area contributed by atoms with E-state index in [0.717, 1.165) is 5.76 Å². The molecule has 0 aromatic carbocycles. The lowest BCUT2D eigenvalue weighted by Crippen LogP contribution is -1.79. The van der Waals surface area contributed by atoms with Crippen molar-refractivity contribution < 1.29 is 4.42 Å². The monoisotopic (exact) mass is 158 g/mol. The molecule has 1 aromatic rings. The van der Waals surface area contributed by atoms with Gasteiger partial charge in [0.15, 0.2) is 0 Å². The van der Waals surface area contributed by atoms with Crippen LogP contribution in [0.25, 0.3) is 11.6 Å². The van der Waals surface area contributed by atoms with Gasteiger partial charge in [-0.2, -0.15) is 0 Å². The van der Waals surface area contributed by atoms with Gasteiger partial charge in [-0.25, -0.2) is 0 Å². The first kappa shape index (κ1) is 7.17. The predicted molar refractivity (Wildman–Crippen MR) is 50.5 cm³/mol. The Kier molecular flexibility index (Phi) is 1.71. The molecule has 0 N–H and O–H groups in total. The fourth-order valence-corrected chi connectivity index (χ4v) is 1.27. The van der Waals surface area contributed by atoms with Crippen molar-refractivity contribution in [1.82, 2.24) is 0 Å². The highest BCUT2D eigenvalue weighted by molar-refractivity contribution is 5.73. The average Bonchev–Trinajstić information content (AvgIpc) is 2.47. The van der Waals surface area contributed by atoms with Crippen molar-refractivity contribution in [2.45, 2.75) is 6.92 Å². The number of hydrogen-bond acceptors (Lipinski definition) is 1. The molecule has 0 amide bonds. The molecule has 0 fully saturated rings. The van der Waals surface area contributed by atoms with Gasteiger partial charge in [-0.05, 0) is 24.6 Å². The summed E-state index contributed by atoms with van der Waals surface area (Å²) in [5.41, 5.74) is 2.41. The minimum atomic E-state index is 0.938. The minimum Gasteiger partial charge on any atom is -0.464 e. The van der Waals surface area contributed by atoms with Gasteiger partial charge in [0.1, 0.15) is 5.76 Å². The van der Waals surface area contributed by atoms with E-state index in [1.165, 1.54) is 11.1 Å². The van der Waals surface area contributed by atoms with E-state index in [4.69, 9.17) is 4.42 Å². The Hall–Kier alpha value is -1.50. The average molecular weight is 158 g/mol. The van der Waals surface area contributed by atoms with Gasteiger partial charge in [0, 0.05) is 5.56 Å². The number of furan rings is 1. The summed E-state index contributed by atoms with van der Waals surface area (Å²) in [7, 11) is 0. The topological polar surface area (TPSA) is 13.1 Å². The maximum Gasteiger partial charge on any atom is 0.134 e. The van der Waals surface area contributed by atoms with Crippen LogP contribution < -0.4 is 0 Å². The van der Waals surface area contributed by atoms with E-state index < -0.39 is 0 Å². The second kappa shape index (κ2) is 2.86. The van der Waals surface area contributed by atoms with Crippen LogP contribution in [-0.4, -0.2) is 0 Å². The van der Waals surface area contributed by atoms with Crippen molar-refractivity contribution in [3.8, 4) is 0 Å². The highest BCUT2D eigenvalue weighted by Crippen LogP contribution is 2.22. The van der Waals surface area contributed by atoms with Crippen molar-refractivity contribution in [1.29, 1.82) is 0 Å². The van der Waals surface area contributed by atoms with Crippen LogP contribution in [0.1, 0.15) is 18.2 Å². The van der Waals surface area contributed by atoms with E-state index in [-0.39, 0.29) is 0 Å². The largest absolute Gasteiger partial charge is 0.464 e. The van der Waals surface area contributed by atoms with E-state index in [0.29, 0.717) is 0 Å². The molecule has 1 aliphatic carbocycles. The summed E-state index contributed by atoms with van der Waals surface area (Å²) in [5, 5.41) is 0. The fraction of sp³-hybridized carbons (Fsp3) is 0.0909. The molecular formula is C11H10O. The zero-order valence-corrected chi connectivity index (χ0v) is 6.95. The van der Waals surface area contributed by atoms with E-state index >= 15 is 0 Å². The summed E-state index contributed by atoms with van der Waals surface area (Å²) in [6.45, 7) is 2.08. The van der Waals surface area contributed by atoms with Crippen LogP contribution in [-0.2, 0) is 0 Å². The van der Waals surface area contributed by atoms with Gasteiger partial charge < -0.3 is 4.42 Å². The third kappa shape index (κ3) is 1.14. The van der Waals surface area contributed by atoms with Gasteiger partial charge in [0.2, 0.25) is 0 Å². The summed E-state index contributed by atoms with van der Waals surface area (Å²) < 4.78 is 5.30. The molecule has 0 atom stereocenters. The van der Waals surface area contributed by atoms with Crippen molar-refractivity contribution in [3.63, 3.8) is 0 Å². The third-order valence-electron chi connectivity index (χ3n) is 1.94. The van der Waals surface area contributed by atoms with E-state index in [9.17, 15) is 0 Å². The van der Waals surface area contributed by atoms with E-state index in [1.807, 2.05) is 30.4 Å². The molecule has 0 saturated heterocycles. The van der Waals surface area contributed by atoms with Crippen molar-refractivity contribution in [2.24, 2.45) is 0 Å². The van der Waals surface area contributed by atoms with Crippen LogP contribution in [0, 0.1) is 0 Å². The SMILES string of the molecule is C/C1=C/C=C\C=C/c2occc21.